The summed E-state index contributed by atoms with van der Waals surface area (Å²) in [5, 5.41) is 3.01. The number of carbonyl (C=O) groups is 3. The van der Waals surface area contributed by atoms with E-state index in [-0.39, 0.29) is 11.8 Å². The number of ether oxygens (including phenoxy) is 1. The van der Waals surface area contributed by atoms with Gasteiger partial charge in [-0.3, -0.25) is 14.4 Å². The SMILES string of the molecule is CC(=O)Oc1cccc(C(=O)N2CCC(CNC(=O)Cc3ccc(Br)cc3)CC2)c1. The molecular formula is C23H25BrN2O4. The minimum atomic E-state index is -0.414. The highest BCUT2D eigenvalue weighted by molar-refractivity contribution is 9.10. The predicted octanol–water partition coefficient (Wildman–Crippen LogP) is 3.59. The van der Waals surface area contributed by atoms with Gasteiger partial charge in [0.2, 0.25) is 5.91 Å². The minimum Gasteiger partial charge on any atom is -0.427 e. The van der Waals surface area contributed by atoms with Crippen LogP contribution in [0.5, 0.6) is 5.75 Å². The van der Waals surface area contributed by atoms with Gasteiger partial charge in [0.05, 0.1) is 6.42 Å². The van der Waals surface area contributed by atoms with E-state index in [0.29, 0.717) is 43.3 Å². The van der Waals surface area contributed by atoms with Crippen LogP contribution in [0.1, 0.15) is 35.7 Å². The highest BCUT2D eigenvalue weighted by atomic mass is 79.9. The lowest BCUT2D eigenvalue weighted by Crippen LogP contribution is -2.41. The van der Waals surface area contributed by atoms with Crippen molar-refractivity contribution in [3.8, 4) is 5.75 Å². The predicted molar refractivity (Wildman–Crippen MR) is 117 cm³/mol. The molecule has 1 aliphatic rings. The topological polar surface area (TPSA) is 75.7 Å². The molecule has 158 valence electrons. The van der Waals surface area contributed by atoms with Crippen molar-refractivity contribution in [1.29, 1.82) is 0 Å². The molecule has 1 heterocycles. The first-order chi connectivity index (χ1) is 14.4. The van der Waals surface area contributed by atoms with Crippen LogP contribution < -0.4 is 10.1 Å². The van der Waals surface area contributed by atoms with Gasteiger partial charge >= 0.3 is 5.97 Å². The number of likely N-dealkylation sites (tertiary alicyclic amines) is 1. The average Bonchev–Trinajstić information content (AvgIpc) is 2.73. The van der Waals surface area contributed by atoms with E-state index < -0.39 is 5.97 Å². The van der Waals surface area contributed by atoms with Gasteiger partial charge in [-0.1, -0.05) is 34.1 Å². The van der Waals surface area contributed by atoms with Crippen molar-refractivity contribution in [1.82, 2.24) is 10.2 Å². The zero-order chi connectivity index (χ0) is 21.5. The van der Waals surface area contributed by atoms with Crippen molar-refractivity contribution in [2.75, 3.05) is 19.6 Å². The lowest BCUT2D eigenvalue weighted by atomic mass is 9.96. The van der Waals surface area contributed by atoms with Crippen molar-refractivity contribution in [2.24, 2.45) is 5.92 Å². The third-order valence-corrected chi connectivity index (χ3v) is 5.64. The highest BCUT2D eigenvalue weighted by Crippen LogP contribution is 2.21. The molecule has 6 nitrogen and oxygen atoms in total. The fraction of sp³-hybridized carbons (Fsp3) is 0.348. The number of carbonyl (C=O) groups excluding carboxylic acids is 3. The molecule has 0 aromatic heterocycles. The summed E-state index contributed by atoms with van der Waals surface area (Å²) in [6, 6.07) is 14.4. The Balaban J connectivity index is 1.44. The van der Waals surface area contributed by atoms with Crippen LogP contribution >= 0.6 is 15.9 Å². The molecule has 2 aromatic carbocycles. The van der Waals surface area contributed by atoms with E-state index in [9.17, 15) is 14.4 Å². The molecule has 0 atom stereocenters. The number of rotatable bonds is 6. The zero-order valence-electron chi connectivity index (χ0n) is 16.9. The molecule has 0 unspecified atom stereocenters. The number of hydrogen-bond donors (Lipinski definition) is 1. The number of benzene rings is 2. The molecule has 2 amide bonds. The van der Waals surface area contributed by atoms with Gasteiger partial charge < -0.3 is 15.0 Å². The summed E-state index contributed by atoms with van der Waals surface area (Å²) in [6.45, 7) is 3.24. The third kappa shape index (κ3) is 6.42. The second-order valence-corrected chi connectivity index (χ2v) is 8.38. The molecule has 1 saturated heterocycles. The Morgan fingerprint density at radius 2 is 1.80 bits per heavy atom. The maximum Gasteiger partial charge on any atom is 0.308 e. The Hall–Kier alpha value is -2.67. The summed E-state index contributed by atoms with van der Waals surface area (Å²) in [6.07, 6.45) is 2.05. The number of nitrogens with one attached hydrogen (secondary N) is 1. The first-order valence-corrected chi connectivity index (χ1v) is 10.8. The molecule has 1 fully saturated rings. The summed E-state index contributed by atoms with van der Waals surface area (Å²) < 4.78 is 6.05. The Labute approximate surface area is 184 Å². The molecule has 7 heteroatoms. The number of hydrogen-bond acceptors (Lipinski definition) is 4. The van der Waals surface area contributed by atoms with Gasteiger partial charge in [-0.15, -0.1) is 0 Å². The van der Waals surface area contributed by atoms with Crippen LogP contribution in [-0.4, -0.2) is 42.3 Å². The van der Waals surface area contributed by atoms with Gasteiger partial charge in [0.25, 0.3) is 5.91 Å². The monoisotopic (exact) mass is 472 g/mol. The van der Waals surface area contributed by atoms with Crippen molar-refractivity contribution in [3.63, 3.8) is 0 Å². The molecule has 0 saturated carbocycles. The first-order valence-electron chi connectivity index (χ1n) is 9.99. The van der Waals surface area contributed by atoms with E-state index in [1.807, 2.05) is 29.2 Å². The molecular weight excluding hydrogens is 448 g/mol. The lowest BCUT2D eigenvalue weighted by Gasteiger charge is -2.32. The maximum atomic E-state index is 12.7. The second-order valence-electron chi connectivity index (χ2n) is 7.46. The van der Waals surface area contributed by atoms with E-state index in [0.717, 1.165) is 22.9 Å². The number of piperidine rings is 1. The summed E-state index contributed by atoms with van der Waals surface area (Å²) in [5.41, 5.74) is 1.49. The fourth-order valence-electron chi connectivity index (χ4n) is 3.49. The van der Waals surface area contributed by atoms with Crippen LogP contribution in [-0.2, 0) is 16.0 Å². The molecule has 3 rings (SSSR count). The fourth-order valence-corrected chi connectivity index (χ4v) is 3.75. The Kier molecular flexibility index (Phi) is 7.63. The highest BCUT2D eigenvalue weighted by Gasteiger charge is 2.24. The van der Waals surface area contributed by atoms with Crippen LogP contribution in [0.3, 0.4) is 0 Å². The Morgan fingerprint density at radius 1 is 1.10 bits per heavy atom. The van der Waals surface area contributed by atoms with Crippen LogP contribution in [0.4, 0.5) is 0 Å². The summed E-state index contributed by atoms with van der Waals surface area (Å²) in [7, 11) is 0. The lowest BCUT2D eigenvalue weighted by molar-refractivity contribution is -0.131. The van der Waals surface area contributed by atoms with Crippen LogP contribution in [0.25, 0.3) is 0 Å². The van der Waals surface area contributed by atoms with Gasteiger partial charge in [0.15, 0.2) is 0 Å². The largest absolute Gasteiger partial charge is 0.427 e. The van der Waals surface area contributed by atoms with Crippen LogP contribution in [0.15, 0.2) is 53.0 Å². The quantitative estimate of drug-likeness (QED) is 0.514. The average molecular weight is 473 g/mol. The molecule has 2 aromatic rings. The molecule has 30 heavy (non-hydrogen) atoms. The van der Waals surface area contributed by atoms with Gasteiger partial charge in [0, 0.05) is 36.6 Å². The minimum absolute atomic E-state index is 0.0121. The normalized spacial score (nSPS) is 14.3. The smallest absolute Gasteiger partial charge is 0.308 e. The van der Waals surface area contributed by atoms with Gasteiger partial charge in [0.1, 0.15) is 5.75 Å². The Bertz CT molecular complexity index is 906. The van der Waals surface area contributed by atoms with E-state index >= 15 is 0 Å². The van der Waals surface area contributed by atoms with E-state index in [1.165, 1.54) is 6.92 Å². The number of halogens is 1. The van der Waals surface area contributed by atoms with Crippen LogP contribution in [0, 0.1) is 5.92 Å². The Morgan fingerprint density at radius 3 is 2.47 bits per heavy atom. The number of nitrogens with zero attached hydrogens (tertiary/aromatic N) is 1. The third-order valence-electron chi connectivity index (χ3n) is 5.11. The molecule has 1 N–H and O–H groups in total. The molecule has 0 spiro atoms. The van der Waals surface area contributed by atoms with Crippen molar-refractivity contribution in [3.05, 3.63) is 64.1 Å². The van der Waals surface area contributed by atoms with Crippen molar-refractivity contribution < 1.29 is 19.1 Å². The standard InChI is InChI=1S/C23H25BrN2O4/c1-16(27)30-21-4-2-3-19(14-21)23(29)26-11-9-18(10-12-26)15-25-22(28)13-17-5-7-20(24)8-6-17/h2-8,14,18H,9-13,15H2,1H3,(H,25,28). The summed E-state index contributed by atoms with van der Waals surface area (Å²) >= 11 is 3.39. The second kappa shape index (κ2) is 10.4. The van der Waals surface area contributed by atoms with E-state index in [2.05, 4.69) is 21.2 Å². The number of esters is 1. The van der Waals surface area contributed by atoms with Crippen molar-refractivity contribution in [2.45, 2.75) is 26.2 Å². The van der Waals surface area contributed by atoms with Gasteiger partial charge in [-0.05, 0) is 54.7 Å². The first kappa shape index (κ1) is 22.0. The molecule has 0 bridgehead atoms. The van der Waals surface area contributed by atoms with Crippen LogP contribution in [0.2, 0.25) is 0 Å². The van der Waals surface area contributed by atoms with Gasteiger partial charge in [-0.2, -0.15) is 0 Å². The zero-order valence-corrected chi connectivity index (χ0v) is 18.5. The molecule has 0 aliphatic carbocycles. The van der Waals surface area contributed by atoms with E-state index in [4.69, 9.17) is 4.74 Å². The maximum absolute atomic E-state index is 12.7. The summed E-state index contributed by atoms with van der Waals surface area (Å²) in [4.78, 5) is 37.9. The summed E-state index contributed by atoms with van der Waals surface area (Å²) in [5.74, 6) is 0.259. The number of amides is 2. The van der Waals surface area contributed by atoms with Crippen molar-refractivity contribution >= 4 is 33.7 Å². The van der Waals surface area contributed by atoms with Gasteiger partial charge in [-0.25, -0.2) is 0 Å². The molecule has 0 radical (unpaired) electrons. The van der Waals surface area contributed by atoms with E-state index in [1.54, 1.807) is 24.3 Å². The molecule has 1 aliphatic heterocycles.